The van der Waals surface area contributed by atoms with Crippen LogP contribution in [0.4, 0.5) is 5.95 Å². The lowest BCUT2D eigenvalue weighted by molar-refractivity contribution is 0.0662. The van der Waals surface area contributed by atoms with Crippen molar-refractivity contribution in [3.8, 4) is 11.5 Å². The number of methoxy groups -OCH3 is 1. The van der Waals surface area contributed by atoms with Gasteiger partial charge in [-0.1, -0.05) is 0 Å². The van der Waals surface area contributed by atoms with Gasteiger partial charge in [-0.2, -0.15) is 0 Å². The minimum absolute atomic E-state index is 0.272. The molecular weight excluding hydrogens is 320 g/mol. The van der Waals surface area contributed by atoms with Crippen LogP contribution < -0.4 is 14.4 Å². The summed E-state index contributed by atoms with van der Waals surface area (Å²) in [4.78, 5) is 13.0. The molecule has 1 saturated heterocycles. The Hall–Kier alpha value is -2.38. The standard InChI is InChI=1S/C18H24N4O3/c1-24-16-3-5-17(6-4-16)25-14-15(23)13-21-9-11-22(12-10-21)18-19-7-2-8-20-18/h2-8,15,23H,9-14H2,1H3/t15-/m1/s1. The highest BCUT2D eigenvalue weighted by Gasteiger charge is 2.20. The van der Waals surface area contributed by atoms with Crippen molar-refractivity contribution < 1.29 is 14.6 Å². The largest absolute Gasteiger partial charge is 0.497 e. The molecule has 0 bridgehead atoms. The first-order valence-corrected chi connectivity index (χ1v) is 8.44. The van der Waals surface area contributed by atoms with Crippen LogP contribution >= 0.6 is 0 Å². The number of piperazine rings is 1. The summed E-state index contributed by atoms with van der Waals surface area (Å²) >= 11 is 0. The van der Waals surface area contributed by atoms with Gasteiger partial charge < -0.3 is 19.5 Å². The van der Waals surface area contributed by atoms with E-state index in [-0.39, 0.29) is 6.61 Å². The number of aromatic nitrogens is 2. The van der Waals surface area contributed by atoms with Crippen molar-refractivity contribution in [1.82, 2.24) is 14.9 Å². The normalized spacial score (nSPS) is 16.5. The molecule has 0 aliphatic carbocycles. The van der Waals surface area contributed by atoms with E-state index in [2.05, 4.69) is 19.8 Å². The van der Waals surface area contributed by atoms with Crippen LogP contribution in [0, 0.1) is 0 Å². The van der Waals surface area contributed by atoms with Crippen LogP contribution in [0.1, 0.15) is 0 Å². The fourth-order valence-electron chi connectivity index (χ4n) is 2.80. The summed E-state index contributed by atoms with van der Waals surface area (Å²) < 4.78 is 10.7. The number of hydrogen-bond acceptors (Lipinski definition) is 7. The molecule has 3 rings (SSSR count). The summed E-state index contributed by atoms with van der Waals surface area (Å²) in [6, 6.07) is 9.17. The average molecular weight is 344 g/mol. The molecule has 0 radical (unpaired) electrons. The van der Waals surface area contributed by atoms with Gasteiger partial charge in [0.1, 0.15) is 24.2 Å². The Kier molecular flexibility index (Phi) is 6.03. The van der Waals surface area contributed by atoms with E-state index in [1.165, 1.54) is 0 Å². The highest BCUT2D eigenvalue weighted by atomic mass is 16.5. The summed E-state index contributed by atoms with van der Waals surface area (Å²) in [5, 5.41) is 10.2. The van der Waals surface area contributed by atoms with E-state index in [0.717, 1.165) is 43.6 Å². The molecule has 1 aromatic heterocycles. The zero-order chi connectivity index (χ0) is 17.5. The lowest BCUT2D eigenvalue weighted by Gasteiger charge is -2.35. The van der Waals surface area contributed by atoms with Crippen LogP contribution in [-0.2, 0) is 0 Å². The first-order chi connectivity index (χ1) is 12.2. The molecule has 1 aliphatic heterocycles. The molecular formula is C18H24N4O3. The molecule has 7 nitrogen and oxygen atoms in total. The number of rotatable bonds is 7. The molecule has 25 heavy (non-hydrogen) atoms. The van der Waals surface area contributed by atoms with Crippen molar-refractivity contribution in [3.63, 3.8) is 0 Å². The number of β-amino-alcohol motifs (C(OH)–C–C–N with tert-alkyl or cyclic N) is 1. The van der Waals surface area contributed by atoms with Gasteiger partial charge in [0, 0.05) is 45.1 Å². The number of benzene rings is 1. The molecule has 1 atom stereocenters. The minimum Gasteiger partial charge on any atom is -0.497 e. The second-order valence-electron chi connectivity index (χ2n) is 5.98. The summed E-state index contributed by atoms with van der Waals surface area (Å²) in [7, 11) is 1.63. The lowest BCUT2D eigenvalue weighted by atomic mass is 10.2. The van der Waals surface area contributed by atoms with E-state index < -0.39 is 6.10 Å². The maximum Gasteiger partial charge on any atom is 0.225 e. The monoisotopic (exact) mass is 344 g/mol. The van der Waals surface area contributed by atoms with Crippen molar-refractivity contribution in [1.29, 1.82) is 0 Å². The summed E-state index contributed by atoms with van der Waals surface area (Å²) in [5.41, 5.74) is 0. The van der Waals surface area contributed by atoms with Crippen LogP contribution in [0.25, 0.3) is 0 Å². The quantitative estimate of drug-likeness (QED) is 0.805. The molecule has 0 amide bonds. The van der Waals surface area contributed by atoms with E-state index in [1.807, 2.05) is 30.3 Å². The maximum atomic E-state index is 10.2. The van der Waals surface area contributed by atoms with E-state index >= 15 is 0 Å². The molecule has 0 saturated carbocycles. The number of aliphatic hydroxyl groups is 1. The predicted molar refractivity (Wildman–Crippen MR) is 95.2 cm³/mol. The fraction of sp³-hybridized carbons (Fsp3) is 0.444. The van der Waals surface area contributed by atoms with Crippen molar-refractivity contribution in [2.75, 3.05) is 51.3 Å². The number of hydrogen-bond donors (Lipinski definition) is 1. The van der Waals surface area contributed by atoms with Gasteiger partial charge in [0.25, 0.3) is 0 Å². The number of ether oxygens (including phenoxy) is 2. The lowest BCUT2D eigenvalue weighted by Crippen LogP contribution is -2.49. The Morgan fingerprint density at radius 1 is 1.04 bits per heavy atom. The third-order valence-electron chi connectivity index (χ3n) is 4.18. The highest BCUT2D eigenvalue weighted by Crippen LogP contribution is 2.17. The van der Waals surface area contributed by atoms with Crippen molar-refractivity contribution in [2.45, 2.75) is 6.10 Å². The SMILES string of the molecule is COc1ccc(OC[C@H](O)CN2CCN(c3ncccn3)CC2)cc1. The first-order valence-electron chi connectivity index (χ1n) is 8.44. The van der Waals surface area contributed by atoms with Crippen molar-refractivity contribution >= 4 is 5.95 Å². The molecule has 2 aromatic rings. The van der Waals surface area contributed by atoms with E-state index in [0.29, 0.717) is 6.54 Å². The second-order valence-corrected chi connectivity index (χ2v) is 5.98. The van der Waals surface area contributed by atoms with Gasteiger partial charge in [0.05, 0.1) is 7.11 Å². The molecule has 0 spiro atoms. The smallest absolute Gasteiger partial charge is 0.225 e. The molecule has 2 heterocycles. The topological polar surface area (TPSA) is 71.0 Å². The number of aliphatic hydroxyl groups excluding tert-OH is 1. The molecule has 1 N–H and O–H groups in total. The third-order valence-corrected chi connectivity index (χ3v) is 4.18. The van der Waals surface area contributed by atoms with Crippen molar-refractivity contribution in [2.24, 2.45) is 0 Å². The Balaban J connectivity index is 1.39. The molecule has 1 aromatic carbocycles. The molecule has 1 aliphatic rings. The van der Waals surface area contributed by atoms with E-state index in [4.69, 9.17) is 9.47 Å². The van der Waals surface area contributed by atoms with E-state index in [1.54, 1.807) is 19.5 Å². The third kappa shape index (κ3) is 5.04. The van der Waals surface area contributed by atoms with Crippen LogP contribution in [0.15, 0.2) is 42.7 Å². The van der Waals surface area contributed by atoms with Gasteiger partial charge in [0.15, 0.2) is 0 Å². The zero-order valence-corrected chi connectivity index (χ0v) is 14.4. The molecule has 0 unspecified atom stereocenters. The average Bonchev–Trinajstić information content (AvgIpc) is 2.68. The van der Waals surface area contributed by atoms with Gasteiger partial charge in [0.2, 0.25) is 5.95 Å². The van der Waals surface area contributed by atoms with Crippen LogP contribution in [0.5, 0.6) is 11.5 Å². The highest BCUT2D eigenvalue weighted by molar-refractivity contribution is 5.31. The molecule has 1 fully saturated rings. The van der Waals surface area contributed by atoms with Gasteiger partial charge in [-0.05, 0) is 30.3 Å². The van der Waals surface area contributed by atoms with Gasteiger partial charge in [-0.15, -0.1) is 0 Å². The first kappa shape index (κ1) is 17.4. The second kappa shape index (κ2) is 8.64. The molecule has 134 valence electrons. The van der Waals surface area contributed by atoms with E-state index in [9.17, 15) is 5.11 Å². The fourth-order valence-corrected chi connectivity index (χ4v) is 2.80. The van der Waals surface area contributed by atoms with Crippen LogP contribution in [0.2, 0.25) is 0 Å². The van der Waals surface area contributed by atoms with Crippen LogP contribution in [0.3, 0.4) is 0 Å². The Morgan fingerprint density at radius 3 is 2.32 bits per heavy atom. The minimum atomic E-state index is -0.526. The maximum absolute atomic E-state index is 10.2. The predicted octanol–water partition coefficient (Wildman–Crippen LogP) is 1.05. The van der Waals surface area contributed by atoms with Gasteiger partial charge in [-0.25, -0.2) is 9.97 Å². The Labute approximate surface area is 147 Å². The Bertz CT molecular complexity index is 631. The Morgan fingerprint density at radius 2 is 1.68 bits per heavy atom. The number of nitrogens with zero attached hydrogens (tertiary/aromatic N) is 4. The van der Waals surface area contributed by atoms with Gasteiger partial charge in [-0.3, -0.25) is 4.90 Å². The summed E-state index contributed by atoms with van der Waals surface area (Å²) in [6.45, 7) is 4.33. The summed E-state index contributed by atoms with van der Waals surface area (Å²) in [5.74, 6) is 2.28. The van der Waals surface area contributed by atoms with Gasteiger partial charge >= 0.3 is 0 Å². The number of anilines is 1. The van der Waals surface area contributed by atoms with Crippen LogP contribution in [-0.4, -0.2) is 72.5 Å². The summed E-state index contributed by atoms with van der Waals surface area (Å²) in [6.07, 6.45) is 2.99. The van der Waals surface area contributed by atoms with Crippen molar-refractivity contribution in [3.05, 3.63) is 42.7 Å². The molecule has 7 heteroatoms. The zero-order valence-electron chi connectivity index (χ0n) is 14.4.